The number of hydrogen-bond acceptors (Lipinski definition) is 3. The molecule has 1 N–H and O–H groups in total. The third kappa shape index (κ3) is 2.46. The van der Waals surface area contributed by atoms with Crippen molar-refractivity contribution in [3.8, 4) is 12.3 Å². The number of ether oxygens (including phenoxy) is 1. The van der Waals surface area contributed by atoms with Crippen LogP contribution in [0.15, 0.2) is 0 Å². The fraction of sp³-hybridized carbons (Fsp3) is 0.786. The first-order chi connectivity index (χ1) is 8.24. The van der Waals surface area contributed by atoms with Crippen LogP contribution in [0.2, 0.25) is 0 Å². The van der Waals surface area contributed by atoms with Gasteiger partial charge < -0.3 is 14.7 Å². The fourth-order valence-electron chi connectivity index (χ4n) is 2.96. The molecular weight excluding hydrogens is 230 g/mol. The number of carbonyl (C=O) groups is 1. The summed E-state index contributed by atoms with van der Waals surface area (Å²) >= 11 is 0. The van der Waals surface area contributed by atoms with E-state index in [1.165, 1.54) is 0 Å². The van der Waals surface area contributed by atoms with Gasteiger partial charge in [-0.3, -0.25) is 0 Å². The molecule has 4 nitrogen and oxygen atoms in total. The van der Waals surface area contributed by atoms with Gasteiger partial charge >= 0.3 is 6.09 Å². The van der Waals surface area contributed by atoms with Crippen LogP contribution in [-0.4, -0.2) is 39.4 Å². The summed E-state index contributed by atoms with van der Waals surface area (Å²) in [5, 5.41) is 10.2. The molecule has 0 aromatic carbocycles. The highest BCUT2D eigenvalue weighted by atomic mass is 16.6. The van der Waals surface area contributed by atoms with Crippen LogP contribution in [0.3, 0.4) is 0 Å². The van der Waals surface area contributed by atoms with Gasteiger partial charge in [-0.2, -0.15) is 0 Å². The molecule has 2 heterocycles. The summed E-state index contributed by atoms with van der Waals surface area (Å²) < 4.78 is 5.41. The van der Waals surface area contributed by atoms with Crippen LogP contribution in [0.1, 0.15) is 46.5 Å². The lowest BCUT2D eigenvalue weighted by atomic mass is 9.87. The standard InChI is InChI=1S/C14H21NO3/c1-5-14(17)8-10-6-7-11(9-14)15(10)12(16)18-13(2,3)4/h1,10-11,17H,6-9H2,2-4H3/t10-,11+,14?. The Kier molecular flexibility index (Phi) is 3.06. The summed E-state index contributed by atoms with van der Waals surface area (Å²) in [7, 11) is 0. The Balaban J connectivity index is 2.10. The van der Waals surface area contributed by atoms with Gasteiger partial charge in [0.2, 0.25) is 0 Å². The largest absolute Gasteiger partial charge is 0.444 e. The molecule has 2 fully saturated rings. The average molecular weight is 251 g/mol. The summed E-state index contributed by atoms with van der Waals surface area (Å²) in [6, 6.07) is 0.0271. The second kappa shape index (κ2) is 4.17. The minimum absolute atomic E-state index is 0.0136. The lowest BCUT2D eigenvalue weighted by Gasteiger charge is -2.41. The van der Waals surface area contributed by atoms with Gasteiger partial charge in [-0.15, -0.1) is 6.42 Å². The number of carbonyl (C=O) groups excluding carboxylic acids is 1. The van der Waals surface area contributed by atoms with Crippen molar-refractivity contribution in [2.24, 2.45) is 0 Å². The molecule has 100 valence electrons. The third-order valence-electron chi connectivity index (χ3n) is 3.64. The second-order valence-corrected chi connectivity index (χ2v) is 6.36. The van der Waals surface area contributed by atoms with Crippen LogP contribution in [-0.2, 0) is 4.74 Å². The molecular formula is C14H21NO3. The molecule has 4 heteroatoms. The molecule has 2 rings (SSSR count). The van der Waals surface area contributed by atoms with E-state index in [-0.39, 0.29) is 18.2 Å². The minimum Gasteiger partial charge on any atom is -0.444 e. The van der Waals surface area contributed by atoms with Gasteiger partial charge in [0, 0.05) is 24.9 Å². The lowest BCUT2D eigenvalue weighted by Crippen LogP contribution is -2.53. The van der Waals surface area contributed by atoms with Crippen molar-refractivity contribution in [3.63, 3.8) is 0 Å². The Labute approximate surface area is 108 Å². The predicted octanol–water partition coefficient (Wildman–Crippen LogP) is 1.91. The Hall–Kier alpha value is -1.21. The Bertz CT molecular complexity index is 377. The maximum absolute atomic E-state index is 12.1. The third-order valence-corrected chi connectivity index (χ3v) is 3.64. The van der Waals surface area contributed by atoms with Gasteiger partial charge in [-0.05, 0) is 33.6 Å². The highest BCUT2D eigenvalue weighted by Gasteiger charge is 2.49. The summed E-state index contributed by atoms with van der Waals surface area (Å²) in [6.07, 6.45) is 7.80. The molecule has 0 spiro atoms. The second-order valence-electron chi connectivity index (χ2n) is 6.36. The normalized spacial score (nSPS) is 35.2. The Morgan fingerprint density at radius 3 is 2.28 bits per heavy atom. The van der Waals surface area contributed by atoms with Crippen molar-refractivity contribution in [2.75, 3.05) is 0 Å². The first-order valence-electron chi connectivity index (χ1n) is 6.45. The molecule has 1 amide bonds. The predicted molar refractivity (Wildman–Crippen MR) is 67.9 cm³/mol. The van der Waals surface area contributed by atoms with Crippen LogP contribution in [0, 0.1) is 12.3 Å². The van der Waals surface area contributed by atoms with Crippen LogP contribution >= 0.6 is 0 Å². The van der Waals surface area contributed by atoms with E-state index in [1.807, 2.05) is 20.8 Å². The maximum atomic E-state index is 12.1. The van der Waals surface area contributed by atoms with Gasteiger partial charge in [0.1, 0.15) is 11.2 Å². The van der Waals surface area contributed by atoms with Crippen LogP contribution in [0.4, 0.5) is 4.79 Å². The van der Waals surface area contributed by atoms with Gasteiger partial charge in [-0.1, -0.05) is 5.92 Å². The number of terminal acetylenes is 1. The summed E-state index contributed by atoms with van der Waals surface area (Å²) in [5.74, 6) is 2.47. The number of aliphatic hydroxyl groups is 1. The smallest absolute Gasteiger partial charge is 0.410 e. The number of fused-ring (bicyclic) bond motifs is 2. The van der Waals surface area contributed by atoms with E-state index in [2.05, 4.69) is 5.92 Å². The van der Waals surface area contributed by atoms with Crippen LogP contribution in [0.5, 0.6) is 0 Å². The van der Waals surface area contributed by atoms with E-state index in [9.17, 15) is 9.90 Å². The highest BCUT2D eigenvalue weighted by molar-refractivity contribution is 5.69. The molecule has 2 aliphatic rings. The van der Waals surface area contributed by atoms with Crippen molar-refractivity contribution < 1.29 is 14.6 Å². The van der Waals surface area contributed by atoms with Crippen LogP contribution < -0.4 is 0 Å². The molecule has 0 aromatic heterocycles. The summed E-state index contributed by atoms with van der Waals surface area (Å²) in [5.41, 5.74) is -1.54. The number of nitrogens with zero attached hydrogens (tertiary/aromatic N) is 1. The summed E-state index contributed by atoms with van der Waals surface area (Å²) in [6.45, 7) is 5.57. The van der Waals surface area contributed by atoms with Gasteiger partial charge in [0.15, 0.2) is 0 Å². The van der Waals surface area contributed by atoms with Crippen molar-refractivity contribution in [2.45, 2.75) is 69.7 Å². The Morgan fingerprint density at radius 1 is 1.39 bits per heavy atom. The molecule has 0 aromatic rings. The molecule has 2 aliphatic heterocycles. The van der Waals surface area contributed by atoms with Crippen molar-refractivity contribution >= 4 is 6.09 Å². The lowest BCUT2D eigenvalue weighted by molar-refractivity contribution is -0.0309. The fourth-order valence-corrected chi connectivity index (χ4v) is 2.96. The zero-order valence-electron chi connectivity index (χ0n) is 11.3. The molecule has 2 bridgehead atoms. The van der Waals surface area contributed by atoms with Crippen molar-refractivity contribution in [3.05, 3.63) is 0 Å². The molecule has 0 radical (unpaired) electrons. The monoisotopic (exact) mass is 251 g/mol. The quantitative estimate of drug-likeness (QED) is 0.669. The molecule has 18 heavy (non-hydrogen) atoms. The minimum atomic E-state index is -1.05. The van der Waals surface area contributed by atoms with Gasteiger partial charge in [0.25, 0.3) is 0 Å². The first-order valence-corrected chi connectivity index (χ1v) is 6.45. The van der Waals surface area contributed by atoms with E-state index >= 15 is 0 Å². The average Bonchev–Trinajstić information content (AvgIpc) is 2.50. The van der Waals surface area contributed by atoms with Gasteiger partial charge in [0.05, 0.1) is 0 Å². The van der Waals surface area contributed by atoms with E-state index in [0.717, 1.165) is 12.8 Å². The Morgan fingerprint density at radius 2 is 1.89 bits per heavy atom. The van der Waals surface area contributed by atoms with Gasteiger partial charge in [-0.25, -0.2) is 4.79 Å². The van der Waals surface area contributed by atoms with Crippen LogP contribution in [0.25, 0.3) is 0 Å². The van der Waals surface area contributed by atoms with E-state index in [4.69, 9.17) is 11.2 Å². The molecule has 3 atom stereocenters. The molecule has 0 aliphatic carbocycles. The molecule has 2 saturated heterocycles. The zero-order valence-corrected chi connectivity index (χ0v) is 11.3. The highest BCUT2D eigenvalue weighted by Crippen LogP contribution is 2.41. The molecule has 0 saturated carbocycles. The maximum Gasteiger partial charge on any atom is 0.410 e. The summed E-state index contributed by atoms with van der Waals surface area (Å²) in [4.78, 5) is 13.9. The zero-order chi connectivity index (χ0) is 13.6. The SMILES string of the molecule is C#CC1(O)C[C@H]2CC[C@@H](C1)N2C(=O)OC(C)(C)C. The van der Waals surface area contributed by atoms with E-state index in [1.54, 1.807) is 4.90 Å². The number of rotatable bonds is 0. The van der Waals surface area contributed by atoms with Crippen molar-refractivity contribution in [1.29, 1.82) is 0 Å². The number of piperidine rings is 1. The van der Waals surface area contributed by atoms with E-state index < -0.39 is 11.2 Å². The topological polar surface area (TPSA) is 49.8 Å². The van der Waals surface area contributed by atoms with E-state index in [0.29, 0.717) is 12.8 Å². The van der Waals surface area contributed by atoms with Crippen molar-refractivity contribution in [1.82, 2.24) is 4.90 Å². The molecule has 1 unspecified atom stereocenters. The number of hydrogen-bond donors (Lipinski definition) is 1. The number of amides is 1. The first kappa shape index (κ1) is 13.2.